The van der Waals surface area contributed by atoms with Gasteiger partial charge in [-0.3, -0.25) is 4.79 Å². The van der Waals surface area contributed by atoms with Crippen molar-refractivity contribution in [1.82, 2.24) is 0 Å². The van der Waals surface area contributed by atoms with Gasteiger partial charge in [-0.1, -0.05) is 22.0 Å². The molecule has 0 aliphatic carbocycles. The number of carboxylic acid groups (broad SMARTS) is 1. The molecule has 4 nitrogen and oxygen atoms in total. The molecule has 2 aromatic carbocycles. The third kappa shape index (κ3) is 4.04. The average Bonchev–Trinajstić information content (AvgIpc) is 2.43. The van der Waals surface area contributed by atoms with Crippen molar-refractivity contribution >= 4 is 72.0 Å². The summed E-state index contributed by atoms with van der Waals surface area (Å²) >= 11 is 8.80. The highest BCUT2D eigenvalue weighted by Crippen LogP contribution is 2.28. The number of carboxylic acids is 1. The minimum atomic E-state index is -1.04. The highest BCUT2D eigenvalue weighted by Gasteiger charge is 2.14. The fourth-order valence-electron chi connectivity index (χ4n) is 1.65. The molecule has 0 unspecified atom stereocenters. The van der Waals surface area contributed by atoms with Gasteiger partial charge in [0.2, 0.25) is 0 Å². The van der Waals surface area contributed by atoms with Crippen LogP contribution in [0.25, 0.3) is 0 Å². The zero-order chi connectivity index (χ0) is 15.6. The summed E-state index contributed by atoms with van der Waals surface area (Å²) in [5, 5.41) is 11.7. The smallest absolute Gasteiger partial charge is 0.335 e. The van der Waals surface area contributed by atoms with Crippen LogP contribution in [-0.2, 0) is 0 Å². The van der Waals surface area contributed by atoms with Crippen molar-refractivity contribution in [1.29, 1.82) is 0 Å². The Morgan fingerprint density at radius 1 is 1.14 bits per heavy atom. The van der Waals surface area contributed by atoms with Gasteiger partial charge in [0, 0.05) is 18.2 Å². The Balaban J connectivity index is 2.30. The minimum absolute atomic E-state index is 0.123. The van der Waals surface area contributed by atoms with E-state index in [0.717, 1.165) is 12.5 Å². The molecule has 0 spiro atoms. The maximum absolute atomic E-state index is 12.3. The lowest BCUT2D eigenvalue weighted by molar-refractivity contribution is 0.0696. The molecular formula is C14H8Br2INO3. The molecule has 0 atom stereocenters. The van der Waals surface area contributed by atoms with E-state index in [4.69, 9.17) is 5.11 Å². The first-order valence-corrected chi connectivity index (χ1v) is 8.34. The van der Waals surface area contributed by atoms with E-state index in [0.29, 0.717) is 11.3 Å². The number of anilines is 1. The Morgan fingerprint density at radius 2 is 1.86 bits per heavy atom. The van der Waals surface area contributed by atoms with Gasteiger partial charge in [0.1, 0.15) is 0 Å². The van der Waals surface area contributed by atoms with E-state index in [2.05, 4.69) is 59.8 Å². The predicted octanol–water partition coefficient (Wildman–Crippen LogP) is 4.77. The van der Waals surface area contributed by atoms with E-state index in [9.17, 15) is 9.59 Å². The summed E-state index contributed by atoms with van der Waals surface area (Å²) < 4.78 is 2.36. The summed E-state index contributed by atoms with van der Waals surface area (Å²) in [5.74, 6) is -1.34. The van der Waals surface area contributed by atoms with Gasteiger partial charge in [0.05, 0.1) is 11.1 Å². The number of hydrogen-bond donors (Lipinski definition) is 2. The lowest BCUT2D eigenvalue weighted by Gasteiger charge is -2.09. The Bertz CT molecular complexity index is 734. The standard InChI is InChI=1S/C14H8Br2INO3/c15-8-5-10(12(17)11(16)6-8)13(19)18-9-3-1-2-7(4-9)14(20)21/h1-6H,(H,18,19)(H,20,21). The number of amides is 1. The number of halogens is 3. The molecule has 0 saturated carbocycles. The number of aromatic carboxylic acids is 1. The highest BCUT2D eigenvalue weighted by molar-refractivity contribution is 14.1. The molecule has 0 radical (unpaired) electrons. The van der Waals surface area contributed by atoms with Crippen LogP contribution in [0.5, 0.6) is 0 Å². The maximum atomic E-state index is 12.3. The molecular weight excluding hydrogens is 517 g/mol. The van der Waals surface area contributed by atoms with Gasteiger partial charge in [-0.2, -0.15) is 0 Å². The summed E-state index contributed by atoms with van der Waals surface area (Å²) in [6.45, 7) is 0. The zero-order valence-corrected chi connectivity index (χ0v) is 15.7. The quantitative estimate of drug-likeness (QED) is 0.449. The van der Waals surface area contributed by atoms with E-state index in [-0.39, 0.29) is 11.5 Å². The first kappa shape index (κ1) is 16.4. The number of benzene rings is 2. The third-order valence-corrected chi connectivity index (χ3v) is 5.59. The normalized spacial score (nSPS) is 10.2. The lowest BCUT2D eigenvalue weighted by Crippen LogP contribution is -2.14. The number of nitrogens with one attached hydrogen (secondary N) is 1. The second kappa shape index (κ2) is 6.89. The topological polar surface area (TPSA) is 66.4 Å². The van der Waals surface area contributed by atoms with Gasteiger partial charge >= 0.3 is 5.97 Å². The summed E-state index contributed by atoms with van der Waals surface area (Å²) in [6, 6.07) is 9.68. The molecule has 0 aliphatic heterocycles. The fourth-order valence-corrected chi connectivity index (χ4v) is 3.43. The van der Waals surface area contributed by atoms with Gasteiger partial charge in [-0.25, -0.2) is 4.79 Å². The lowest BCUT2D eigenvalue weighted by atomic mass is 10.2. The molecule has 0 bridgehead atoms. The van der Waals surface area contributed by atoms with Crippen LogP contribution in [0.1, 0.15) is 20.7 Å². The summed E-state index contributed by atoms with van der Waals surface area (Å²) in [5.41, 5.74) is 1.06. The van der Waals surface area contributed by atoms with Gasteiger partial charge in [-0.15, -0.1) is 0 Å². The highest BCUT2D eigenvalue weighted by atomic mass is 127. The summed E-state index contributed by atoms with van der Waals surface area (Å²) in [7, 11) is 0. The fraction of sp³-hybridized carbons (Fsp3) is 0. The second-order valence-corrected chi connectivity index (χ2v) is 6.94. The molecule has 7 heteroatoms. The number of carbonyl (C=O) groups excluding carboxylic acids is 1. The average molecular weight is 525 g/mol. The SMILES string of the molecule is O=C(O)c1cccc(NC(=O)c2cc(Br)cc(Br)c2I)c1. The van der Waals surface area contributed by atoms with E-state index in [1.165, 1.54) is 12.1 Å². The van der Waals surface area contributed by atoms with Crippen LogP contribution < -0.4 is 5.32 Å². The Morgan fingerprint density at radius 3 is 2.52 bits per heavy atom. The Labute approximate surface area is 151 Å². The molecule has 0 saturated heterocycles. The molecule has 1 amide bonds. The third-order valence-electron chi connectivity index (χ3n) is 2.61. The van der Waals surface area contributed by atoms with Crippen molar-refractivity contribution in [3.05, 3.63) is 60.0 Å². The van der Waals surface area contributed by atoms with Crippen LogP contribution in [-0.4, -0.2) is 17.0 Å². The number of hydrogen-bond acceptors (Lipinski definition) is 2. The van der Waals surface area contributed by atoms with Crippen molar-refractivity contribution < 1.29 is 14.7 Å². The largest absolute Gasteiger partial charge is 0.478 e. The van der Waals surface area contributed by atoms with Crippen LogP contribution in [0, 0.1) is 3.57 Å². The van der Waals surface area contributed by atoms with Crippen molar-refractivity contribution in [2.75, 3.05) is 5.32 Å². The summed E-state index contributed by atoms with van der Waals surface area (Å²) in [6.07, 6.45) is 0. The molecule has 0 heterocycles. The predicted molar refractivity (Wildman–Crippen MR) is 95.9 cm³/mol. The molecule has 2 N–H and O–H groups in total. The van der Waals surface area contributed by atoms with Crippen molar-refractivity contribution in [3.63, 3.8) is 0 Å². The molecule has 0 aromatic heterocycles. The first-order valence-electron chi connectivity index (χ1n) is 5.67. The second-order valence-electron chi connectivity index (χ2n) is 4.09. The first-order chi connectivity index (χ1) is 9.88. The van der Waals surface area contributed by atoms with E-state index in [1.807, 2.05) is 6.07 Å². The maximum Gasteiger partial charge on any atom is 0.335 e. The molecule has 2 aromatic rings. The molecule has 0 aliphatic rings. The zero-order valence-electron chi connectivity index (χ0n) is 10.4. The van der Waals surface area contributed by atoms with Crippen LogP contribution in [0.4, 0.5) is 5.69 Å². The number of carbonyl (C=O) groups is 2. The monoisotopic (exact) mass is 523 g/mol. The number of rotatable bonds is 3. The molecule has 2 rings (SSSR count). The van der Waals surface area contributed by atoms with E-state index in [1.54, 1.807) is 18.2 Å². The minimum Gasteiger partial charge on any atom is -0.478 e. The van der Waals surface area contributed by atoms with Crippen molar-refractivity contribution in [3.8, 4) is 0 Å². The van der Waals surface area contributed by atoms with Gasteiger partial charge in [0.25, 0.3) is 5.91 Å². The van der Waals surface area contributed by atoms with Gasteiger partial charge in [-0.05, 0) is 68.9 Å². The van der Waals surface area contributed by atoms with E-state index >= 15 is 0 Å². The molecule has 0 fully saturated rings. The van der Waals surface area contributed by atoms with Crippen molar-refractivity contribution in [2.24, 2.45) is 0 Å². The molecule has 21 heavy (non-hydrogen) atoms. The van der Waals surface area contributed by atoms with Gasteiger partial charge < -0.3 is 10.4 Å². The van der Waals surface area contributed by atoms with E-state index < -0.39 is 5.97 Å². The van der Waals surface area contributed by atoms with Crippen molar-refractivity contribution in [2.45, 2.75) is 0 Å². The van der Waals surface area contributed by atoms with Crippen LogP contribution in [0.3, 0.4) is 0 Å². The van der Waals surface area contributed by atoms with Crippen LogP contribution in [0.2, 0.25) is 0 Å². The van der Waals surface area contributed by atoms with Crippen LogP contribution in [0.15, 0.2) is 45.3 Å². The summed E-state index contributed by atoms with van der Waals surface area (Å²) in [4.78, 5) is 23.2. The van der Waals surface area contributed by atoms with Crippen LogP contribution >= 0.6 is 54.5 Å². The molecule has 108 valence electrons. The Kier molecular flexibility index (Phi) is 5.39. The van der Waals surface area contributed by atoms with Gasteiger partial charge in [0.15, 0.2) is 0 Å². The Hall–Kier alpha value is -0.930.